The Balaban J connectivity index is 1.39. The van der Waals surface area contributed by atoms with Gasteiger partial charge in [-0.25, -0.2) is 0 Å². The quantitative estimate of drug-likeness (QED) is 0.183. The molecule has 1 heterocycles. The van der Waals surface area contributed by atoms with Gasteiger partial charge in [0.15, 0.2) is 0 Å². The van der Waals surface area contributed by atoms with E-state index in [0.29, 0.717) is 30.2 Å². The number of carbonyl (C=O) groups is 2. The van der Waals surface area contributed by atoms with Crippen molar-refractivity contribution in [1.29, 1.82) is 0 Å². The van der Waals surface area contributed by atoms with E-state index < -0.39 is 12.1 Å². The molecule has 4 aromatic carbocycles. The van der Waals surface area contributed by atoms with Crippen LogP contribution in [0.4, 0.5) is 0 Å². The van der Waals surface area contributed by atoms with Gasteiger partial charge in [-0.15, -0.1) is 0 Å². The van der Waals surface area contributed by atoms with Crippen LogP contribution < -0.4 is 19.5 Å². The molecular formula is C36H39N3O4S. The van der Waals surface area contributed by atoms with Gasteiger partial charge in [-0.05, 0) is 47.7 Å². The highest BCUT2D eigenvalue weighted by Crippen LogP contribution is 2.32. The lowest BCUT2D eigenvalue weighted by atomic mass is 9.84. The van der Waals surface area contributed by atoms with Crippen LogP contribution >= 0.6 is 11.9 Å². The summed E-state index contributed by atoms with van der Waals surface area (Å²) in [4.78, 5) is 30.0. The number of rotatable bonds is 13. The monoisotopic (exact) mass is 609 g/mol. The van der Waals surface area contributed by atoms with E-state index in [1.54, 1.807) is 19.1 Å². The first kappa shape index (κ1) is 31.2. The van der Waals surface area contributed by atoms with Crippen molar-refractivity contribution in [3.05, 3.63) is 131 Å². The van der Waals surface area contributed by atoms with Gasteiger partial charge in [-0.3, -0.25) is 14.3 Å². The molecule has 2 amide bonds. The van der Waals surface area contributed by atoms with Gasteiger partial charge >= 0.3 is 0 Å². The fourth-order valence-corrected chi connectivity index (χ4v) is 6.61. The van der Waals surface area contributed by atoms with Crippen molar-refractivity contribution in [2.45, 2.75) is 43.1 Å². The third kappa shape index (κ3) is 7.62. The zero-order chi connectivity index (χ0) is 30.7. The number of likely N-dealkylation sites (tertiary alicyclic amines) is 1. The molecule has 7 nitrogen and oxygen atoms in total. The van der Waals surface area contributed by atoms with Crippen LogP contribution in [0, 0.1) is 0 Å². The largest absolute Gasteiger partial charge is 0.497 e. The fourth-order valence-electron chi connectivity index (χ4n) is 5.75. The predicted molar refractivity (Wildman–Crippen MR) is 176 cm³/mol. The summed E-state index contributed by atoms with van der Waals surface area (Å²) in [6, 6.07) is 34.8. The van der Waals surface area contributed by atoms with E-state index >= 15 is 0 Å². The Kier molecular flexibility index (Phi) is 10.9. The molecule has 44 heavy (non-hydrogen) atoms. The molecule has 0 radical (unpaired) electrons. The number of amides is 2. The number of benzene rings is 4. The van der Waals surface area contributed by atoms with Crippen molar-refractivity contribution >= 4 is 23.8 Å². The minimum Gasteiger partial charge on any atom is -0.497 e. The third-order valence-electron chi connectivity index (χ3n) is 7.99. The molecule has 0 bridgehead atoms. The van der Waals surface area contributed by atoms with Crippen LogP contribution in [-0.4, -0.2) is 49.6 Å². The molecular weight excluding hydrogens is 570 g/mol. The normalized spacial score (nSPS) is 15.2. The smallest absolute Gasteiger partial charge is 0.243 e. The molecule has 5 rings (SSSR count). The summed E-state index contributed by atoms with van der Waals surface area (Å²) in [6.07, 6.45) is 1.37. The summed E-state index contributed by atoms with van der Waals surface area (Å²) in [7, 11) is 3.20. The first-order valence-electron chi connectivity index (χ1n) is 14.9. The number of methoxy groups -OCH3 is 2. The van der Waals surface area contributed by atoms with Crippen molar-refractivity contribution in [3.8, 4) is 11.5 Å². The van der Waals surface area contributed by atoms with E-state index in [1.807, 2.05) is 72.8 Å². The zero-order valence-electron chi connectivity index (χ0n) is 25.1. The molecule has 1 aliphatic rings. The zero-order valence-corrected chi connectivity index (χ0v) is 26.0. The van der Waals surface area contributed by atoms with E-state index in [4.69, 9.17) is 9.47 Å². The van der Waals surface area contributed by atoms with Crippen molar-refractivity contribution in [3.63, 3.8) is 0 Å². The van der Waals surface area contributed by atoms with Gasteiger partial charge in [0.2, 0.25) is 11.8 Å². The van der Waals surface area contributed by atoms with Crippen LogP contribution in [0.15, 0.2) is 109 Å². The van der Waals surface area contributed by atoms with Gasteiger partial charge in [0.05, 0.1) is 14.2 Å². The van der Waals surface area contributed by atoms with Crippen LogP contribution in [0.3, 0.4) is 0 Å². The molecule has 0 aliphatic carbocycles. The highest BCUT2D eigenvalue weighted by molar-refractivity contribution is 7.96. The first-order chi connectivity index (χ1) is 21.6. The second-order valence-electron chi connectivity index (χ2n) is 10.8. The maximum atomic E-state index is 14.6. The van der Waals surface area contributed by atoms with Gasteiger partial charge in [0.25, 0.3) is 0 Å². The molecule has 1 saturated heterocycles. The lowest BCUT2D eigenvalue weighted by Gasteiger charge is -2.33. The van der Waals surface area contributed by atoms with Crippen LogP contribution in [0.1, 0.15) is 41.0 Å². The van der Waals surface area contributed by atoms with Crippen molar-refractivity contribution in [1.82, 2.24) is 14.9 Å². The minimum absolute atomic E-state index is 0.0834. The van der Waals surface area contributed by atoms with Gasteiger partial charge < -0.3 is 19.7 Å². The van der Waals surface area contributed by atoms with Gasteiger partial charge in [0, 0.05) is 30.3 Å². The molecule has 0 aromatic heterocycles. The molecule has 2 atom stereocenters. The second kappa shape index (κ2) is 15.5. The van der Waals surface area contributed by atoms with Crippen molar-refractivity contribution in [2.24, 2.45) is 0 Å². The molecule has 1 fully saturated rings. The lowest BCUT2D eigenvalue weighted by Crippen LogP contribution is -2.53. The van der Waals surface area contributed by atoms with Gasteiger partial charge in [-0.1, -0.05) is 103 Å². The molecule has 0 spiro atoms. The number of hydrogen-bond acceptors (Lipinski definition) is 6. The van der Waals surface area contributed by atoms with E-state index in [1.165, 1.54) is 17.5 Å². The molecule has 0 saturated carbocycles. The SMILES string of the molecule is COc1ccc(OC)c(CNC(=O)[C@@H]2CCCN2C(=O)[C@H](NSCc2ccccc2)C(c2ccccc2)c2ccccc2)c1. The Morgan fingerprint density at radius 3 is 2.11 bits per heavy atom. The van der Waals surface area contributed by atoms with Crippen molar-refractivity contribution < 1.29 is 19.1 Å². The van der Waals surface area contributed by atoms with E-state index in [-0.39, 0.29) is 24.3 Å². The number of nitrogens with zero attached hydrogens (tertiary/aromatic N) is 1. The highest BCUT2D eigenvalue weighted by atomic mass is 32.2. The second-order valence-corrected chi connectivity index (χ2v) is 11.6. The summed E-state index contributed by atoms with van der Waals surface area (Å²) in [5.41, 5.74) is 4.05. The van der Waals surface area contributed by atoms with Crippen LogP contribution in [-0.2, 0) is 21.9 Å². The molecule has 0 unspecified atom stereocenters. The van der Waals surface area contributed by atoms with Crippen LogP contribution in [0.5, 0.6) is 11.5 Å². The van der Waals surface area contributed by atoms with Crippen molar-refractivity contribution in [2.75, 3.05) is 20.8 Å². The first-order valence-corrected chi connectivity index (χ1v) is 15.9. The Morgan fingerprint density at radius 1 is 0.864 bits per heavy atom. The lowest BCUT2D eigenvalue weighted by molar-refractivity contribution is -0.140. The Labute approximate surface area is 264 Å². The average Bonchev–Trinajstić information content (AvgIpc) is 3.58. The number of nitrogens with one attached hydrogen (secondary N) is 2. The molecule has 228 valence electrons. The Bertz CT molecular complexity index is 1460. The van der Waals surface area contributed by atoms with Crippen LogP contribution in [0.2, 0.25) is 0 Å². The van der Waals surface area contributed by atoms with Gasteiger partial charge in [-0.2, -0.15) is 0 Å². The summed E-state index contributed by atoms with van der Waals surface area (Å²) in [6.45, 7) is 0.792. The van der Waals surface area contributed by atoms with E-state index in [2.05, 4.69) is 46.4 Å². The minimum atomic E-state index is -0.597. The fraction of sp³-hybridized carbons (Fsp3) is 0.278. The number of ether oxygens (including phenoxy) is 2. The predicted octanol–water partition coefficient (Wildman–Crippen LogP) is 5.95. The standard InChI is InChI=1S/C36H39N3O4S/c1-42-30-20-21-32(43-2)29(23-30)24-37-35(40)31-19-12-22-39(31)36(41)34(38-44-25-26-13-6-3-7-14-26)33(27-15-8-4-9-16-27)28-17-10-5-11-18-28/h3-11,13-18,20-21,23,31,33-34,38H,12,19,22,24-25H2,1-2H3,(H,37,40)/t31-,34+/m0/s1. The maximum Gasteiger partial charge on any atom is 0.243 e. The Hall–Kier alpha value is -4.27. The third-order valence-corrected chi connectivity index (χ3v) is 8.89. The average molecular weight is 610 g/mol. The van der Waals surface area contributed by atoms with Gasteiger partial charge in [0.1, 0.15) is 23.6 Å². The van der Waals surface area contributed by atoms with E-state index in [0.717, 1.165) is 23.1 Å². The topological polar surface area (TPSA) is 79.9 Å². The van der Waals surface area contributed by atoms with Crippen LogP contribution in [0.25, 0.3) is 0 Å². The Morgan fingerprint density at radius 2 is 1.50 bits per heavy atom. The molecule has 1 aliphatic heterocycles. The summed E-state index contributed by atoms with van der Waals surface area (Å²) in [5, 5.41) is 3.05. The number of hydrogen-bond donors (Lipinski definition) is 2. The maximum absolute atomic E-state index is 14.6. The summed E-state index contributed by atoms with van der Waals surface area (Å²) in [5.74, 6) is 1.54. The highest BCUT2D eigenvalue weighted by Gasteiger charge is 2.40. The summed E-state index contributed by atoms with van der Waals surface area (Å²) < 4.78 is 14.4. The molecule has 8 heteroatoms. The summed E-state index contributed by atoms with van der Waals surface area (Å²) >= 11 is 1.52. The molecule has 2 N–H and O–H groups in total. The molecule has 4 aromatic rings. The van der Waals surface area contributed by atoms with E-state index in [9.17, 15) is 9.59 Å². The number of carbonyl (C=O) groups excluding carboxylic acids is 2.